The molecule has 1 N–H and O–H groups in total. The van der Waals surface area contributed by atoms with Gasteiger partial charge in [0.1, 0.15) is 6.10 Å². The van der Waals surface area contributed by atoms with E-state index in [1.165, 1.54) is 4.90 Å². The molecule has 3 atom stereocenters. The van der Waals surface area contributed by atoms with Crippen molar-refractivity contribution in [1.82, 2.24) is 4.90 Å². The van der Waals surface area contributed by atoms with Crippen LogP contribution in [0, 0.1) is 11.8 Å². The number of halogens is 3. The smallest absolute Gasteiger partial charge is 0.380 e. The highest BCUT2D eigenvalue weighted by atomic mass is 19.4. The average molecular weight is 379 g/mol. The van der Waals surface area contributed by atoms with Gasteiger partial charge in [0.15, 0.2) is 0 Å². The van der Waals surface area contributed by atoms with E-state index in [9.17, 15) is 18.3 Å². The average Bonchev–Trinajstić information content (AvgIpc) is 3.07. The van der Waals surface area contributed by atoms with Crippen LogP contribution in [0.2, 0.25) is 0 Å². The number of fused-ring (bicyclic) bond motifs is 1. The predicted octanol–water partition coefficient (Wildman–Crippen LogP) is 4.55. The fourth-order valence-corrected chi connectivity index (χ4v) is 3.69. The molecule has 1 aromatic rings. The molecule has 1 unspecified atom stereocenters. The molecular formula is C21H24F3NO2. The van der Waals surface area contributed by atoms with Crippen molar-refractivity contribution < 1.29 is 23.0 Å². The van der Waals surface area contributed by atoms with Crippen molar-refractivity contribution in [2.45, 2.75) is 63.1 Å². The molecule has 2 heterocycles. The lowest BCUT2D eigenvalue weighted by Crippen LogP contribution is -2.57. The maximum Gasteiger partial charge on any atom is 0.436 e. The third-order valence-corrected chi connectivity index (χ3v) is 5.09. The van der Waals surface area contributed by atoms with E-state index in [1.807, 2.05) is 13.0 Å². The van der Waals surface area contributed by atoms with E-state index in [4.69, 9.17) is 4.74 Å². The van der Waals surface area contributed by atoms with Gasteiger partial charge in [-0.2, -0.15) is 13.2 Å². The van der Waals surface area contributed by atoms with Crippen molar-refractivity contribution in [2.75, 3.05) is 6.61 Å². The van der Waals surface area contributed by atoms with Crippen molar-refractivity contribution in [2.24, 2.45) is 0 Å². The Bertz CT molecular complexity index is 735. The highest BCUT2D eigenvalue weighted by molar-refractivity contribution is 5.36. The second-order valence-corrected chi connectivity index (χ2v) is 6.95. The van der Waals surface area contributed by atoms with E-state index in [1.54, 1.807) is 30.3 Å². The Morgan fingerprint density at radius 3 is 2.74 bits per heavy atom. The second-order valence-electron chi connectivity index (χ2n) is 6.95. The van der Waals surface area contributed by atoms with Crippen molar-refractivity contribution in [3.05, 3.63) is 47.7 Å². The van der Waals surface area contributed by atoms with E-state index >= 15 is 0 Å². The van der Waals surface area contributed by atoms with E-state index in [-0.39, 0.29) is 25.1 Å². The highest BCUT2D eigenvalue weighted by Crippen LogP contribution is 2.52. The van der Waals surface area contributed by atoms with Crippen LogP contribution < -0.4 is 0 Å². The standard InChI is InChI=1S/C21H24F3NO2/c1-2-3-11-18(26)13-12-17-10-7-14-20(21(22,23)24)25(17)19(15-27-20)16-8-5-4-6-9-16/h4-6,8-10,18-19,26H,2-3,7,11,14-15H2,1H3/t18?,19-,20+/m1/s1. The zero-order valence-corrected chi connectivity index (χ0v) is 15.3. The molecule has 0 aliphatic carbocycles. The van der Waals surface area contributed by atoms with Crippen molar-refractivity contribution >= 4 is 0 Å². The number of nitrogens with zero attached hydrogens (tertiary/aromatic N) is 1. The first-order valence-electron chi connectivity index (χ1n) is 9.34. The first-order valence-corrected chi connectivity index (χ1v) is 9.34. The molecule has 146 valence electrons. The topological polar surface area (TPSA) is 32.7 Å². The minimum absolute atomic E-state index is 0.0546. The van der Waals surface area contributed by atoms with Crippen LogP contribution in [0.5, 0.6) is 0 Å². The van der Waals surface area contributed by atoms with Crippen LogP contribution in [0.25, 0.3) is 0 Å². The number of alkyl halides is 3. The molecule has 1 fully saturated rings. The van der Waals surface area contributed by atoms with Gasteiger partial charge in [-0.15, -0.1) is 0 Å². The number of allylic oxidation sites excluding steroid dienone is 2. The number of aliphatic hydroxyl groups is 1. The van der Waals surface area contributed by atoms with Gasteiger partial charge in [-0.3, -0.25) is 0 Å². The summed E-state index contributed by atoms with van der Waals surface area (Å²) >= 11 is 0. The summed E-state index contributed by atoms with van der Waals surface area (Å²) in [5.74, 6) is 5.52. The molecule has 0 amide bonds. The lowest BCUT2D eigenvalue weighted by molar-refractivity contribution is -0.303. The summed E-state index contributed by atoms with van der Waals surface area (Å²) in [4.78, 5) is 1.27. The lowest BCUT2D eigenvalue weighted by Gasteiger charge is -2.44. The summed E-state index contributed by atoms with van der Waals surface area (Å²) < 4.78 is 47.5. The monoisotopic (exact) mass is 379 g/mol. The van der Waals surface area contributed by atoms with E-state index in [2.05, 4.69) is 11.8 Å². The molecule has 6 heteroatoms. The molecule has 0 bridgehead atoms. The fourth-order valence-electron chi connectivity index (χ4n) is 3.69. The van der Waals surface area contributed by atoms with Gasteiger partial charge in [0.05, 0.1) is 18.3 Å². The number of hydrogen-bond acceptors (Lipinski definition) is 3. The SMILES string of the molecule is CCCCC(O)C#CC1=CCC[C@@]2(C(F)(F)F)OC[C@H](c3ccccc3)N12. The molecule has 0 saturated carbocycles. The van der Waals surface area contributed by atoms with Gasteiger partial charge in [0.25, 0.3) is 0 Å². The van der Waals surface area contributed by atoms with Gasteiger partial charge < -0.3 is 14.7 Å². The number of ether oxygens (including phenoxy) is 1. The van der Waals surface area contributed by atoms with Gasteiger partial charge >= 0.3 is 6.18 Å². The first kappa shape index (κ1) is 19.8. The second kappa shape index (κ2) is 7.95. The first-order chi connectivity index (χ1) is 12.9. The Labute approximate surface area is 157 Å². The largest absolute Gasteiger partial charge is 0.436 e. The molecule has 2 aliphatic rings. The molecule has 0 spiro atoms. The maximum atomic E-state index is 14.0. The van der Waals surface area contributed by atoms with Crippen molar-refractivity contribution in [3.8, 4) is 11.8 Å². The van der Waals surface area contributed by atoms with Gasteiger partial charge in [-0.25, -0.2) is 0 Å². The molecule has 0 radical (unpaired) electrons. The molecule has 1 saturated heterocycles. The normalized spacial score (nSPS) is 26.0. The Morgan fingerprint density at radius 1 is 1.33 bits per heavy atom. The van der Waals surface area contributed by atoms with Gasteiger partial charge in [0.2, 0.25) is 5.72 Å². The molecule has 27 heavy (non-hydrogen) atoms. The number of benzene rings is 1. The third-order valence-electron chi connectivity index (χ3n) is 5.09. The zero-order chi connectivity index (χ0) is 19.5. The van der Waals surface area contributed by atoms with E-state index < -0.39 is 24.0 Å². The van der Waals surface area contributed by atoms with Crippen LogP contribution in [-0.2, 0) is 4.74 Å². The van der Waals surface area contributed by atoms with Crippen LogP contribution in [-0.4, -0.2) is 34.6 Å². The Morgan fingerprint density at radius 2 is 2.07 bits per heavy atom. The predicted molar refractivity (Wildman–Crippen MR) is 96.4 cm³/mol. The number of aliphatic hydroxyl groups excluding tert-OH is 1. The number of hydrogen-bond donors (Lipinski definition) is 1. The van der Waals surface area contributed by atoms with Crippen molar-refractivity contribution in [1.29, 1.82) is 0 Å². The van der Waals surface area contributed by atoms with Crippen LogP contribution in [0.3, 0.4) is 0 Å². The minimum Gasteiger partial charge on any atom is -0.380 e. The zero-order valence-electron chi connectivity index (χ0n) is 15.3. The summed E-state index contributed by atoms with van der Waals surface area (Å²) in [6.07, 6.45) is -1.34. The summed E-state index contributed by atoms with van der Waals surface area (Å²) in [6, 6.07) is 8.47. The Balaban J connectivity index is 1.96. The van der Waals surface area contributed by atoms with Crippen LogP contribution in [0.15, 0.2) is 42.1 Å². The quantitative estimate of drug-likeness (QED) is 0.779. The van der Waals surface area contributed by atoms with Gasteiger partial charge in [-0.1, -0.05) is 62.1 Å². The molecule has 2 aliphatic heterocycles. The number of unbranched alkanes of at least 4 members (excludes halogenated alkanes) is 1. The molecule has 0 aromatic heterocycles. The summed E-state index contributed by atoms with van der Waals surface area (Å²) in [5, 5.41) is 9.99. The summed E-state index contributed by atoms with van der Waals surface area (Å²) in [5.41, 5.74) is -1.33. The van der Waals surface area contributed by atoms with Crippen LogP contribution in [0.4, 0.5) is 13.2 Å². The molecule has 3 rings (SSSR count). The number of rotatable bonds is 4. The molecule has 3 nitrogen and oxygen atoms in total. The fraction of sp³-hybridized carbons (Fsp3) is 0.524. The Hall–Kier alpha value is -1.97. The Kier molecular flexibility index (Phi) is 5.83. The lowest BCUT2D eigenvalue weighted by atomic mass is 9.95. The maximum absolute atomic E-state index is 14.0. The third kappa shape index (κ3) is 3.85. The molecular weight excluding hydrogens is 355 g/mol. The van der Waals surface area contributed by atoms with Gasteiger partial charge in [0, 0.05) is 6.42 Å². The highest BCUT2D eigenvalue weighted by Gasteiger charge is 2.65. The van der Waals surface area contributed by atoms with E-state index in [0.29, 0.717) is 6.42 Å². The summed E-state index contributed by atoms with van der Waals surface area (Å²) in [7, 11) is 0. The van der Waals surface area contributed by atoms with Crippen molar-refractivity contribution in [3.63, 3.8) is 0 Å². The minimum atomic E-state index is -4.54. The van der Waals surface area contributed by atoms with Crippen LogP contribution >= 0.6 is 0 Å². The molecule has 1 aromatic carbocycles. The van der Waals surface area contributed by atoms with E-state index in [0.717, 1.165) is 18.4 Å². The van der Waals surface area contributed by atoms with Gasteiger partial charge in [-0.05, 0) is 24.3 Å². The summed E-state index contributed by atoms with van der Waals surface area (Å²) in [6.45, 7) is 1.95. The van der Waals surface area contributed by atoms with Crippen LogP contribution in [0.1, 0.15) is 50.6 Å².